The van der Waals surface area contributed by atoms with E-state index in [2.05, 4.69) is 14.9 Å². The van der Waals surface area contributed by atoms with Crippen LogP contribution in [0.5, 0.6) is 0 Å². The van der Waals surface area contributed by atoms with E-state index < -0.39 is 5.60 Å². The zero-order valence-corrected chi connectivity index (χ0v) is 15.3. The molecule has 0 bridgehead atoms. The van der Waals surface area contributed by atoms with Gasteiger partial charge in [-0.05, 0) is 39.5 Å². The van der Waals surface area contributed by atoms with Crippen LogP contribution in [0.2, 0.25) is 5.15 Å². The Morgan fingerprint density at radius 1 is 1.29 bits per heavy atom. The van der Waals surface area contributed by atoms with Crippen LogP contribution in [0.15, 0.2) is 12.4 Å². The molecule has 2 atom stereocenters. The molecule has 2 saturated heterocycles. The fraction of sp³-hybridized carbons (Fsp3) is 0.706. The van der Waals surface area contributed by atoms with Gasteiger partial charge in [-0.2, -0.15) is 0 Å². The van der Waals surface area contributed by atoms with Crippen molar-refractivity contribution >= 4 is 17.7 Å². The van der Waals surface area contributed by atoms with E-state index >= 15 is 0 Å². The summed E-state index contributed by atoms with van der Waals surface area (Å²) in [4.78, 5) is 25.1. The van der Waals surface area contributed by atoms with Gasteiger partial charge in [-0.15, -0.1) is 0 Å². The molecule has 2 aliphatic rings. The van der Waals surface area contributed by atoms with E-state index in [1.807, 2.05) is 25.7 Å². The van der Waals surface area contributed by atoms with Gasteiger partial charge in [0.05, 0.1) is 18.1 Å². The lowest BCUT2D eigenvalue weighted by Gasteiger charge is -2.38. The minimum absolute atomic E-state index is 0.174. The minimum Gasteiger partial charge on any atom is -0.444 e. The summed E-state index contributed by atoms with van der Waals surface area (Å²) in [5.41, 5.74) is 0.489. The van der Waals surface area contributed by atoms with E-state index in [-0.39, 0.29) is 6.09 Å². The summed E-state index contributed by atoms with van der Waals surface area (Å²) in [6, 6.07) is 0.299. The third-order valence-corrected chi connectivity index (χ3v) is 4.80. The number of amides is 1. The van der Waals surface area contributed by atoms with Crippen molar-refractivity contribution in [1.82, 2.24) is 19.8 Å². The number of aromatic nitrogens is 2. The van der Waals surface area contributed by atoms with Gasteiger partial charge < -0.3 is 9.64 Å². The van der Waals surface area contributed by atoms with Gasteiger partial charge in [-0.25, -0.2) is 9.78 Å². The number of piperidine rings is 1. The van der Waals surface area contributed by atoms with Crippen molar-refractivity contribution in [2.45, 2.75) is 51.8 Å². The highest BCUT2D eigenvalue weighted by Gasteiger charge is 2.41. The summed E-state index contributed by atoms with van der Waals surface area (Å²) in [6.45, 7) is 9.23. The van der Waals surface area contributed by atoms with Gasteiger partial charge >= 0.3 is 6.09 Å². The number of carbonyl (C=O) groups is 1. The lowest BCUT2D eigenvalue weighted by molar-refractivity contribution is 0.0138. The summed E-state index contributed by atoms with van der Waals surface area (Å²) in [7, 11) is 0. The maximum atomic E-state index is 12.4. The van der Waals surface area contributed by atoms with Crippen LogP contribution in [0.1, 0.15) is 39.3 Å². The normalized spacial score (nSPS) is 24.8. The average molecular weight is 353 g/mol. The molecule has 6 nitrogen and oxygen atoms in total. The van der Waals surface area contributed by atoms with Crippen LogP contribution in [0.3, 0.4) is 0 Å². The molecule has 1 amide bonds. The number of halogens is 1. The van der Waals surface area contributed by atoms with Crippen LogP contribution in [0.25, 0.3) is 0 Å². The van der Waals surface area contributed by atoms with Crippen molar-refractivity contribution in [1.29, 1.82) is 0 Å². The predicted octanol–water partition coefficient (Wildman–Crippen LogP) is 2.96. The van der Waals surface area contributed by atoms with Crippen LogP contribution in [-0.4, -0.2) is 57.1 Å². The summed E-state index contributed by atoms with van der Waals surface area (Å²) >= 11 is 5.78. The number of hydrogen-bond donors (Lipinski definition) is 0. The van der Waals surface area contributed by atoms with Gasteiger partial charge in [0, 0.05) is 32.2 Å². The number of nitrogens with zero attached hydrogens (tertiary/aromatic N) is 4. The Morgan fingerprint density at radius 2 is 2.08 bits per heavy atom. The van der Waals surface area contributed by atoms with Gasteiger partial charge in [-0.1, -0.05) is 11.6 Å². The maximum Gasteiger partial charge on any atom is 0.410 e. The van der Waals surface area contributed by atoms with E-state index in [1.165, 1.54) is 0 Å². The highest BCUT2D eigenvalue weighted by Crippen LogP contribution is 2.33. The molecule has 3 rings (SSSR count). The standard InChI is InChI=1S/C17H25ClN4O2/c1-17(2,3)24-16(23)22-7-4-12-10-21(6-5-14(12)22)11-13-8-20-15(18)9-19-13/h8-9,12,14H,4-7,10-11H2,1-3H3/t12-,14+/m1/s1. The Kier molecular flexibility index (Phi) is 4.97. The first-order valence-corrected chi connectivity index (χ1v) is 8.88. The SMILES string of the molecule is CC(C)(C)OC(=O)N1CC[C@@H]2CN(Cc3cnc(Cl)cn3)CC[C@@H]21. The van der Waals surface area contributed by atoms with Crippen LogP contribution in [-0.2, 0) is 11.3 Å². The molecule has 0 aliphatic carbocycles. The molecule has 132 valence electrons. The minimum atomic E-state index is -0.441. The average Bonchev–Trinajstić information content (AvgIpc) is 2.91. The topological polar surface area (TPSA) is 58.6 Å². The zero-order valence-electron chi connectivity index (χ0n) is 14.5. The van der Waals surface area contributed by atoms with Crippen molar-refractivity contribution in [3.63, 3.8) is 0 Å². The molecule has 2 fully saturated rings. The molecule has 24 heavy (non-hydrogen) atoms. The molecule has 0 spiro atoms. The number of rotatable bonds is 2. The highest BCUT2D eigenvalue weighted by atomic mass is 35.5. The highest BCUT2D eigenvalue weighted by molar-refractivity contribution is 6.29. The van der Waals surface area contributed by atoms with E-state index in [0.717, 1.165) is 44.7 Å². The Morgan fingerprint density at radius 3 is 2.75 bits per heavy atom. The van der Waals surface area contributed by atoms with Gasteiger partial charge in [0.2, 0.25) is 0 Å². The first-order chi connectivity index (χ1) is 11.3. The summed E-state index contributed by atoms with van der Waals surface area (Å²) in [5, 5.41) is 0.418. The number of hydrogen-bond acceptors (Lipinski definition) is 5. The summed E-state index contributed by atoms with van der Waals surface area (Å²) < 4.78 is 5.55. The first-order valence-electron chi connectivity index (χ1n) is 8.50. The Balaban J connectivity index is 1.56. The zero-order chi connectivity index (χ0) is 17.3. The van der Waals surface area contributed by atoms with Crippen molar-refractivity contribution < 1.29 is 9.53 Å². The van der Waals surface area contributed by atoms with Crippen LogP contribution in [0.4, 0.5) is 4.79 Å². The molecule has 2 aliphatic heterocycles. The monoisotopic (exact) mass is 352 g/mol. The number of fused-ring (bicyclic) bond motifs is 1. The number of likely N-dealkylation sites (tertiary alicyclic amines) is 2. The molecule has 7 heteroatoms. The Hall–Kier alpha value is -1.40. The van der Waals surface area contributed by atoms with E-state index in [0.29, 0.717) is 17.1 Å². The van der Waals surface area contributed by atoms with Crippen LogP contribution >= 0.6 is 11.6 Å². The van der Waals surface area contributed by atoms with Gasteiger partial charge in [0.25, 0.3) is 0 Å². The molecular weight excluding hydrogens is 328 g/mol. The molecule has 0 unspecified atom stereocenters. The van der Waals surface area contributed by atoms with Gasteiger partial charge in [0.1, 0.15) is 10.8 Å². The summed E-state index contributed by atoms with van der Waals surface area (Å²) in [5.74, 6) is 0.506. The van der Waals surface area contributed by atoms with Crippen molar-refractivity contribution in [3.05, 3.63) is 23.2 Å². The van der Waals surface area contributed by atoms with Crippen molar-refractivity contribution in [3.8, 4) is 0 Å². The third-order valence-electron chi connectivity index (χ3n) is 4.61. The molecule has 1 aromatic heterocycles. The van der Waals surface area contributed by atoms with E-state index in [4.69, 9.17) is 16.3 Å². The Labute approximate surface area is 148 Å². The molecule has 0 aromatic carbocycles. The smallest absolute Gasteiger partial charge is 0.410 e. The second-order valence-corrected chi connectivity index (χ2v) is 8.03. The molecule has 0 N–H and O–H groups in total. The molecular formula is C17H25ClN4O2. The molecule has 0 saturated carbocycles. The first kappa shape index (κ1) is 17.4. The van der Waals surface area contributed by atoms with Crippen molar-refractivity contribution in [2.75, 3.05) is 19.6 Å². The maximum absolute atomic E-state index is 12.4. The predicted molar refractivity (Wildman–Crippen MR) is 91.8 cm³/mol. The van der Waals surface area contributed by atoms with Crippen molar-refractivity contribution in [2.24, 2.45) is 5.92 Å². The quantitative estimate of drug-likeness (QED) is 0.819. The van der Waals surface area contributed by atoms with E-state index in [1.54, 1.807) is 12.4 Å². The molecule has 3 heterocycles. The third kappa shape index (κ3) is 4.16. The fourth-order valence-electron chi connectivity index (χ4n) is 3.60. The molecule has 0 radical (unpaired) electrons. The lowest BCUT2D eigenvalue weighted by Crippen LogP contribution is -2.48. The van der Waals surface area contributed by atoms with Gasteiger partial charge in [-0.3, -0.25) is 9.88 Å². The number of carbonyl (C=O) groups excluding carboxylic acids is 1. The fourth-order valence-corrected chi connectivity index (χ4v) is 3.70. The second kappa shape index (κ2) is 6.84. The largest absolute Gasteiger partial charge is 0.444 e. The Bertz CT molecular complexity index is 587. The summed E-state index contributed by atoms with van der Waals surface area (Å²) in [6.07, 6.45) is 5.16. The molecule has 1 aromatic rings. The van der Waals surface area contributed by atoms with E-state index in [9.17, 15) is 4.79 Å². The van der Waals surface area contributed by atoms with Crippen LogP contribution < -0.4 is 0 Å². The number of ether oxygens (including phenoxy) is 1. The second-order valence-electron chi connectivity index (χ2n) is 7.64. The van der Waals surface area contributed by atoms with Gasteiger partial charge in [0.15, 0.2) is 0 Å². The van der Waals surface area contributed by atoms with Crippen LogP contribution in [0, 0.1) is 5.92 Å². The lowest BCUT2D eigenvalue weighted by atomic mass is 9.93.